The van der Waals surface area contributed by atoms with Gasteiger partial charge in [0, 0.05) is 6.42 Å². The molecule has 0 bridgehead atoms. The maximum absolute atomic E-state index is 12.0. The molecule has 0 unspecified atom stereocenters. The quantitative estimate of drug-likeness (QED) is 0.689. The van der Waals surface area contributed by atoms with Crippen LogP contribution in [-0.2, 0) is 9.59 Å². The van der Waals surface area contributed by atoms with Gasteiger partial charge in [-0.15, -0.1) is 0 Å². The van der Waals surface area contributed by atoms with Gasteiger partial charge in [-0.1, -0.05) is 13.8 Å². The van der Waals surface area contributed by atoms with E-state index < -0.39 is 5.41 Å². The summed E-state index contributed by atoms with van der Waals surface area (Å²) in [4.78, 5) is 25.0. The Morgan fingerprint density at radius 1 is 1.24 bits per heavy atom. The average molecular weight is 228 g/mol. The Morgan fingerprint density at radius 2 is 1.82 bits per heavy atom. The lowest BCUT2D eigenvalue weighted by Crippen LogP contribution is -2.32. The van der Waals surface area contributed by atoms with Crippen LogP contribution in [0.15, 0.2) is 24.3 Å². The van der Waals surface area contributed by atoms with Crippen LogP contribution in [0, 0.1) is 16.7 Å². The van der Waals surface area contributed by atoms with Crippen LogP contribution in [0.1, 0.15) is 25.8 Å². The van der Waals surface area contributed by atoms with Gasteiger partial charge in [0.15, 0.2) is 0 Å². The molecule has 0 saturated carbocycles. The number of hydrogen-bond acceptors (Lipinski definition) is 3. The van der Waals surface area contributed by atoms with Crippen LogP contribution in [-0.4, -0.2) is 11.8 Å². The summed E-state index contributed by atoms with van der Waals surface area (Å²) in [5.74, 6) is -0.378. The fraction of sp³-hybridized carbons (Fsp3) is 0.308. The van der Waals surface area contributed by atoms with Gasteiger partial charge in [-0.3, -0.25) is 14.5 Å². The van der Waals surface area contributed by atoms with Crippen LogP contribution < -0.4 is 4.90 Å². The van der Waals surface area contributed by atoms with Crippen LogP contribution in [0.25, 0.3) is 0 Å². The van der Waals surface area contributed by atoms with Crippen molar-refractivity contribution < 1.29 is 9.59 Å². The van der Waals surface area contributed by atoms with Gasteiger partial charge in [0.05, 0.1) is 22.7 Å². The van der Waals surface area contributed by atoms with Gasteiger partial charge >= 0.3 is 0 Å². The molecule has 0 N–H and O–H groups in total. The highest BCUT2D eigenvalue weighted by molar-refractivity contribution is 6.22. The van der Waals surface area contributed by atoms with Gasteiger partial charge in [-0.2, -0.15) is 5.26 Å². The maximum atomic E-state index is 12.0. The van der Waals surface area contributed by atoms with Crippen molar-refractivity contribution in [2.75, 3.05) is 4.90 Å². The molecule has 2 rings (SSSR count). The summed E-state index contributed by atoms with van der Waals surface area (Å²) in [6.07, 6.45) is 0.228. The molecule has 2 amide bonds. The standard InChI is InChI=1S/C13H12N2O2/c1-13(2)7-11(16)15(12(13)17)10-5-3-9(8-14)4-6-10/h3-6H,7H2,1-2H3. The highest BCUT2D eigenvalue weighted by Crippen LogP contribution is 2.34. The van der Waals surface area contributed by atoms with E-state index in [1.807, 2.05) is 6.07 Å². The summed E-state index contributed by atoms with van der Waals surface area (Å²) >= 11 is 0. The third-order valence-electron chi connectivity index (χ3n) is 2.88. The van der Waals surface area contributed by atoms with Crippen LogP contribution in [0.4, 0.5) is 5.69 Å². The first kappa shape index (κ1) is 11.3. The smallest absolute Gasteiger partial charge is 0.239 e. The molecular formula is C13H12N2O2. The van der Waals surface area contributed by atoms with Gasteiger partial charge in [0.2, 0.25) is 11.8 Å². The molecule has 1 saturated heterocycles. The lowest BCUT2D eigenvalue weighted by atomic mass is 9.92. The molecule has 86 valence electrons. The largest absolute Gasteiger partial charge is 0.274 e. The molecule has 4 nitrogen and oxygen atoms in total. The van der Waals surface area contributed by atoms with Gasteiger partial charge in [0.25, 0.3) is 0 Å². The van der Waals surface area contributed by atoms with E-state index in [1.54, 1.807) is 38.1 Å². The summed E-state index contributed by atoms with van der Waals surface area (Å²) < 4.78 is 0. The van der Waals surface area contributed by atoms with Crippen molar-refractivity contribution >= 4 is 17.5 Å². The lowest BCUT2D eigenvalue weighted by molar-refractivity contribution is -0.124. The first-order valence-corrected chi connectivity index (χ1v) is 5.33. The molecular weight excluding hydrogens is 216 g/mol. The molecule has 0 atom stereocenters. The third kappa shape index (κ3) is 1.80. The minimum atomic E-state index is -0.634. The SMILES string of the molecule is CC1(C)CC(=O)N(c2ccc(C#N)cc2)C1=O. The van der Waals surface area contributed by atoms with Crippen LogP contribution in [0.2, 0.25) is 0 Å². The first-order chi connectivity index (χ1) is 7.95. The number of imide groups is 1. The Balaban J connectivity index is 2.38. The number of anilines is 1. The molecule has 0 aliphatic carbocycles. The minimum Gasteiger partial charge on any atom is -0.274 e. The number of nitrogens with zero attached hydrogens (tertiary/aromatic N) is 2. The Hall–Kier alpha value is -2.15. The monoisotopic (exact) mass is 228 g/mol. The number of carbonyl (C=O) groups is 2. The van der Waals surface area contributed by atoms with E-state index in [2.05, 4.69) is 0 Å². The van der Waals surface area contributed by atoms with Gasteiger partial charge in [-0.25, -0.2) is 0 Å². The van der Waals surface area contributed by atoms with Gasteiger partial charge in [-0.05, 0) is 24.3 Å². The Bertz CT molecular complexity index is 523. The zero-order chi connectivity index (χ0) is 12.6. The molecule has 0 aromatic heterocycles. The Labute approximate surface area is 99.5 Å². The zero-order valence-electron chi connectivity index (χ0n) is 9.73. The second kappa shape index (κ2) is 3.70. The third-order valence-corrected chi connectivity index (χ3v) is 2.88. The summed E-state index contributed by atoms with van der Waals surface area (Å²) in [5.41, 5.74) is 0.405. The van der Waals surface area contributed by atoms with E-state index in [4.69, 9.17) is 5.26 Å². The molecule has 0 radical (unpaired) electrons. The number of hydrogen-bond donors (Lipinski definition) is 0. The molecule has 1 aliphatic heterocycles. The molecule has 1 aliphatic rings. The van der Waals surface area contributed by atoms with Crippen molar-refractivity contribution in [3.05, 3.63) is 29.8 Å². The summed E-state index contributed by atoms with van der Waals surface area (Å²) in [6.45, 7) is 3.52. The first-order valence-electron chi connectivity index (χ1n) is 5.33. The van der Waals surface area contributed by atoms with Crippen molar-refractivity contribution in [1.82, 2.24) is 0 Å². The Kier molecular flexibility index (Phi) is 2.47. The van der Waals surface area contributed by atoms with Crippen molar-refractivity contribution in [2.45, 2.75) is 20.3 Å². The predicted octanol–water partition coefficient (Wildman–Crippen LogP) is 1.85. The Morgan fingerprint density at radius 3 is 2.24 bits per heavy atom. The van der Waals surface area contributed by atoms with Crippen molar-refractivity contribution in [1.29, 1.82) is 5.26 Å². The number of carbonyl (C=O) groups excluding carboxylic acids is 2. The predicted molar refractivity (Wildman–Crippen MR) is 62.0 cm³/mol. The summed E-state index contributed by atoms with van der Waals surface area (Å²) in [6, 6.07) is 8.43. The van der Waals surface area contributed by atoms with E-state index in [0.29, 0.717) is 11.3 Å². The topological polar surface area (TPSA) is 61.2 Å². The number of benzene rings is 1. The molecule has 1 heterocycles. The molecule has 4 heteroatoms. The normalized spacial score (nSPS) is 18.3. The molecule has 1 aromatic carbocycles. The van der Waals surface area contributed by atoms with E-state index >= 15 is 0 Å². The van der Waals surface area contributed by atoms with Crippen LogP contribution in [0.3, 0.4) is 0 Å². The van der Waals surface area contributed by atoms with E-state index in [9.17, 15) is 9.59 Å². The lowest BCUT2D eigenvalue weighted by Gasteiger charge is -2.17. The minimum absolute atomic E-state index is 0.188. The molecule has 1 aromatic rings. The van der Waals surface area contributed by atoms with Gasteiger partial charge in [0.1, 0.15) is 0 Å². The highest BCUT2D eigenvalue weighted by atomic mass is 16.2. The van der Waals surface area contributed by atoms with Crippen molar-refractivity contribution in [3.63, 3.8) is 0 Å². The van der Waals surface area contributed by atoms with E-state index in [-0.39, 0.29) is 18.2 Å². The fourth-order valence-corrected chi connectivity index (χ4v) is 1.89. The fourth-order valence-electron chi connectivity index (χ4n) is 1.89. The second-order valence-electron chi connectivity index (χ2n) is 4.75. The van der Waals surface area contributed by atoms with Gasteiger partial charge < -0.3 is 0 Å². The summed E-state index contributed by atoms with van der Waals surface area (Å²) in [7, 11) is 0. The zero-order valence-corrected chi connectivity index (χ0v) is 9.73. The maximum Gasteiger partial charge on any atom is 0.239 e. The van der Waals surface area contributed by atoms with E-state index in [1.165, 1.54) is 4.90 Å². The average Bonchev–Trinajstić information content (AvgIpc) is 2.49. The second-order valence-corrected chi connectivity index (χ2v) is 4.75. The van der Waals surface area contributed by atoms with Crippen LogP contribution in [0.5, 0.6) is 0 Å². The number of rotatable bonds is 1. The molecule has 17 heavy (non-hydrogen) atoms. The van der Waals surface area contributed by atoms with Crippen molar-refractivity contribution in [2.24, 2.45) is 5.41 Å². The number of nitriles is 1. The van der Waals surface area contributed by atoms with E-state index in [0.717, 1.165) is 0 Å². The molecule has 1 fully saturated rings. The highest BCUT2D eigenvalue weighted by Gasteiger charge is 2.45. The molecule has 0 spiro atoms. The summed E-state index contributed by atoms with van der Waals surface area (Å²) in [5, 5.41) is 8.68. The van der Waals surface area contributed by atoms with Crippen LogP contribution >= 0.6 is 0 Å². The number of amides is 2. The van der Waals surface area contributed by atoms with Crippen molar-refractivity contribution in [3.8, 4) is 6.07 Å².